The minimum Gasteiger partial charge on any atom is -0.481 e. The molecule has 0 unspecified atom stereocenters. The van der Waals surface area contributed by atoms with Crippen LogP contribution in [0.15, 0.2) is 47.1 Å². The van der Waals surface area contributed by atoms with Crippen LogP contribution in [-0.4, -0.2) is 24.0 Å². The number of anilines is 1. The number of rotatable bonds is 4. The van der Waals surface area contributed by atoms with Crippen molar-refractivity contribution < 1.29 is 19.1 Å². The van der Waals surface area contributed by atoms with Crippen molar-refractivity contribution in [2.45, 2.75) is 6.42 Å². The van der Waals surface area contributed by atoms with Crippen molar-refractivity contribution in [3.05, 3.63) is 54.0 Å². The van der Waals surface area contributed by atoms with Gasteiger partial charge in [0.1, 0.15) is 0 Å². The van der Waals surface area contributed by atoms with E-state index in [-0.39, 0.29) is 18.1 Å². The van der Waals surface area contributed by atoms with E-state index in [1.54, 1.807) is 43.4 Å². The Kier molecular flexibility index (Phi) is 3.66. The molecule has 0 spiro atoms. The van der Waals surface area contributed by atoms with Crippen LogP contribution >= 0.6 is 0 Å². The minimum absolute atomic E-state index is 0.0728. The molecule has 1 aromatic heterocycles. The van der Waals surface area contributed by atoms with Crippen molar-refractivity contribution in [1.29, 1.82) is 0 Å². The Morgan fingerprint density at radius 1 is 1.26 bits per heavy atom. The number of carboxylic acid groups (broad SMARTS) is 1. The van der Waals surface area contributed by atoms with Crippen LogP contribution in [0.5, 0.6) is 0 Å². The van der Waals surface area contributed by atoms with E-state index < -0.39 is 5.97 Å². The van der Waals surface area contributed by atoms with Gasteiger partial charge in [-0.15, -0.1) is 0 Å². The molecule has 1 aromatic carbocycles. The number of carboxylic acids is 1. The predicted octanol–water partition coefficient (Wildman–Crippen LogP) is 2.18. The summed E-state index contributed by atoms with van der Waals surface area (Å²) >= 11 is 0. The van der Waals surface area contributed by atoms with Crippen molar-refractivity contribution in [2.24, 2.45) is 0 Å². The van der Waals surface area contributed by atoms with Gasteiger partial charge in [-0.1, -0.05) is 12.1 Å². The number of carbonyl (C=O) groups is 2. The molecule has 1 heterocycles. The summed E-state index contributed by atoms with van der Waals surface area (Å²) in [7, 11) is 1.62. The number of benzene rings is 1. The van der Waals surface area contributed by atoms with Crippen LogP contribution in [0.3, 0.4) is 0 Å². The predicted molar refractivity (Wildman–Crippen MR) is 69.2 cm³/mol. The van der Waals surface area contributed by atoms with Crippen molar-refractivity contribution in [1.82, 2.24) is 0 Å². The van der Waals surface area contributed by atoms with Crippen molar-refractivity contribution >= 4 is 17.6 Å². The van der Waals surface area contributed by atoms with Gasteiger partial charge in [0.2, 0.25) is 0 Å². The SMILES string of the molecule is CN(C(=O)c1ccco1)c1cccc(CC(=O)O)c1. The molecular formula is C14H13NO4. The van der Waals surface area contributed by atoms with E-state index in [1.807, 2.05) is 0 Å². The first-order valence-electron chi connectivity index (χ1n) is 5.70. The molecule has 2 rings (SSSR count). The van der Waals surface area contributed by atoms with Gasteiger partial charge in [-0.05, 0) is 29.8 Å². The Morgan fingerprint density at radius 3 is 2.68 bits per heavy atom. The van der Waals surface area contributed by atoms with Gasteiger partial charge in [0.25, 0.3) is 5.91 Å². The van der Waals surface area contributed by atoms with Crippen LogP contribution in [-0.2, 0) is 11.2 Å². The largest absolute Gasteiger partial charge is 0.481 e. The lowest BCUT2D eigenvalue weighted by atomic mass is 10.1. The van der Waals surface area contributed by atoms with Gasteiger partial charge in [0.15, 0.2) is 5.76 Å². The van der Waals surface area contributed by atoms with Crippen molar-refractivity contribution in [2.75, 3.05) is 11.9 Å². The van der Waals surface area contributed by atoms with Crippen LogP contribution in [0.25, 0.3) is 0 Å². The molecule has 0 aliphatic heterocycles. The number of aliphatic carboxylic acids is 1. The van der Waals surface area contributed by atoms with Crippen molar-refractivity contribution in [3.8, 4) is 0 Å². The van der Waals surface area contributed by atoms with Gasteiger partial charge in [0, 0.05) is 12.7 Å². The fourth-order valence-electron chi connectivity index (χ4n) is 1.73. The van der Waals surface area contributed by atoms with Gasteiger partial charge < -0.3 is 14.4 Å². The quantitative estimate of drug-likeness (QED) is 0.913. The molecule has 0 aliphatic carbocycles. The number of hydrogen-bond donors (Lipinski definition) is 1. The Morgan fingerprint density at radius 2 is 2.05 bits per heavy atom. The molecule has 5 nitrogen and oxygen atoms in total. The van der Waals surface area contributed by atoms with Crippen molar-refractivity contribution in [3.63, 3.8) is 0 Å². The van der Waals surface area contributed by atoms with Crippen LogP contribution in [0.2, 0.25) is 0 Å². The zero-order valence-electron chi connectivity index (χ0n) is 10.4. The molecule has 0 saturated heterocycles. The third kappa shape index (κ3) is 3.01. The normalized spacial score (nSPS) is 10.2. The molecule has 5 heteroatoms. The number of hydrogen-bond acceptors (Lipinski definition) is 3. The molecule has 2 aromatic rings. The third-order valence-corrected chi connectivity index (χ3v) is 2.69. The number of carbonyl (C=O) groups excluding carboxylic acids is 1. The second-order valence-corrected chi connectivity index (χ2v) is 4.08. The van der Waals surface area contributed by atoms with E-state index in [1.165, 1.54) is 11.2 Å². The molecule has 98 valence electrons. The standard InChI is InChI=1S/C14H13NO4/c1-15(14(18)12-6-3-7-19-12)11-5-2-4-10(8-11)9-13(16)17/h2-8H,9H2,1H3,(H,16,17). The summed E-state index contributed by atoms with van der Waals surface area (Å²) in [6.07, 6.45) is 1.36. The number of furan rings is 1. The molecule has 0 aliphatic rings. The molecular weight excluding hydrogens is 246 g/mol. The van der Waals surface area contributed by atoms with E-state index in [0.29, 0.717) is 11.3 Å². The Labute approximate surface area is 110 Å². The maximum absolute atomic E-state index is 12.1. The summed E-state index contributed by atoms with van der Waals surface area (Å²) < 4.78 is 5.05. The molecule has 0 saturated carbocycles. The van der Waals surface area contributed by atoms with E-state index in [2.05, 4.69) is 0 Å². The Balaban J connectivity index is 2.21. The van der Waals surface area contributed by atoms with Gasteiger partial charge in [0.05, 0.1) is 12.7 Å². The lowest BCUT2D eigenvalue weighted by Gasteiger charge is -2.16. The summed E-state index contributed by atoms with van der Waals surface area (Å²) in [5, 5.41) is 8.76. The highest BCUT2D eigenvalue weighted by atomic mass is 16.4. The summed E-state index contributed by atoms with van der Waals surface area (Å²) in [6, 6.07) is 10.1. The molecule has 1 amide bonds. The summed E-state index contributed by atoms with van der Waals surface area (Å²) in [4.78, 5) is 24.2. The lowest BCUT2D eigenvalue weighted by molar-refractivity contribution is -0.136. The van der Waals surface area contributed by atoms with Crippen LogP contribution < -0.4 is 4.90 Å². The van der Waals surface area contributed by atoms with Gasteiger partial charge in [-0.25, -0.2) is 0 Å². The highest BCUT2D eigenvalue weighted by Gasteiger charge is 2.16. The van der Waals surface area contributed by atoms with E-state index in [9.17, 15) is 9.59 Å². The summed E-state index contributed by atoms with van der Waals surface area (Å²) in [5.41, 5.74) is 1.27. The summed E-state index contributed by atoms with van der Waals surface area (Å²) in [5.74, 6) is -0.944. The first-order valence-corrected chi connectivity index (χ1v) is 5.70. The van der Waals surface area contributed by atoms with E-state index in [0.717, 1.165) is 0 Å². The van der Waals surface area contributed by atoms with Crippen LogP contribution in [0, 0.1) is 0 Å². The molecule has 0 radical (unpaired) electrons. The first kappa shape index (κ1) is 12.9. The maximum Gasteiger partial charge on any atom is 0.307 e. The summed E-state index contributed by atoms with van der Waals surface area (Å²) in [6.45, 7) is 0. The Hall–Kier alpha value is -2.56. The highest BCUT2D eigenvalue weighted by molar-refractivity contribution is 6.03. The average molecular weight is 259 g/mol. The molecule has 0 fully saturated rings. The molecule has 0 bridgehead atoms. The fourth-order valence-corrected chi connectivity index (χ4v) is 1.73. The Bertz CT molecular complexity index is 589. The number of nitrogens with zero attached hydrogens (tertiary/aromatic N) is 1. The topological polar surface area (TPSA) is 70.8 Å². The zero-order chi connectivity index (χ0) is 13.8. The monoisotopic (exact) mass is 259 g/mol. The second kappa shape index (κ2) is 5.39. The highest BCUT2D eigenvalue weighted by Crippen LogP contribution is 2.18. The molecule has 19 heavy (non-hydrogen) atoms. The van der Waals surface area contributed by atoms with Crippen LogP contribution in [0.1, 0.15) is 16.1 Å². The smallest absolute Gasteiger partial charge is 0.307 e. The van der Waals surface area contributed by atoms with Gasteiger partial charge in [-0.3, -0.25) is 9.59 Å². The van der Waals surface area contributed by atoms with E-state index in [4.69, 9.17) is 9.52 Å². The first-order chi connectivity index (χ1) is 9.08. The maximum atomic E-state index is 12.1. The number of amides is 1. The zero-order valence-corrected chi connectivity index (χ0v) is 10.4. The van der Waals surface area contributed by atoms with Gasteiger partial charge >= 0.3 is 5.97 Å². The molecule has 0 atom stereocenters. The van der Waals surface area contributed by atoms with E-state index >= 15 is 0 Å². The minimum atomic E-state index is -0.905. The fraction of sp³-hybridized carbons (Fsp3) is 0.143. The van der Waals surface area contributed by atoms with Gasteiger partial charge in [-0.2, -0.15) is 0 Å². The third-order valence-electron chi connectivity index (χ3n) is 2.69. The lowest BCUT2D eigenvalue weighted by Crippen LogP contribution is -2.25. The van der Waals surface area contributed by atoms with Crippen LogP contribution in [0.4, 0.5) is 5.69 Å². The average Bonchev–Trinajstić information content (AvgIpc) is 2.90. The second-order valence-electron chi connectivity index (χ2n) is 4.08. The molecule has 1 N–H and O–H groups in total.